The van der Waals surface area contributed by atoms with Crippen LogP contribution in [-0.2, 0) is 6.54 Å². The lowest BCUT2D eigenvalue weighted by Gasteiger charge is -2.35. The average Bonchev–Trinajstić information content (AvgIpc) is 2.66. The summed E-state index contributed by atoms with van der Waals surface area (Å²) in [5, 5.41) is 31.2. The second kappa shape index (κ2) is 7.12. The Labute approximate surface area is 154 Å². The topological polar surface area (TPSA) is 122 Å². The molecular formula is C18H18N2O7. The maximum Gasteiger partial charge on any atom is 0.335 e. The average molecular weight is 374 g/mol. The second-order valence-corrected chi connectivity index (χ2v) is 6.02. The van der Waals surface area contributed by atoms with Gasteiger partial charge in [-0.2, -0.15) is 0 Å². The van der Waals surface area contributed by atoms with Crippen LogP contribution in [-0.4, -0.2) is 41.9 Å². The molecule has 1 aliphatic rings. The number of hydrogen-bond acceptors (Lipinski definition) is 7. The van der Waals surface area contributed by atoms with Crippen molar-refractivity contribution in [3.05, 3.63) is 57.1 Å². The molecule has 0 saturated heterocycles. The molecule has 1 aliphatic heterocycles. The molecule has 0 amide bonds. The Hall–Kier alpha value is -3.33. The van der Waals surface area contributed by atoms with Crippen LogP contribution in [0.4, 0.5) is 11.4 Å². The van der Waals surface area contributed by atoms with Crippen LogP contribution in [0.1, 0.15) is 27.6 Å². The van der Waals surface area contributed by atoms with Gasteiger partial charge in [0.05, 0.1) is 24.7 Å². The van der Waals surface area contributed by atoms with Gasteiger partial charge in [-0.1, -0.05) is 0 Å². The molecule has 0 radical (unpaired) electrons. The van der Waals surface area contributed by atoms with Crippen LogP contribution in [0.3, 0.4) is 0 Å². The number of β-amino-alcohol motifs (C(OH)–C–C–N with tert-alkyl or cyclic N) is 1. The molecule has 2 N–H and O–H groups in total. The van der Waals surface area contributed by atoms with E-state index in [-0.39, 0.29) is 30.0 Å². The summed E-state index contributed by atoms with van der Waals surface area (Å²) in [6.07, 6.45) is -0.961. The van der Waals surface area contributed by atoms with E-state index in [0.717, 1.165) is 6.07 Å². The third-order valence-corrected chi connectivity index (χ3v) is 4.55. The quantitative estimate of drug-likeness (QED) is 0.604. The Balaban J connectivity index is 2.09. The molecule has 9 heteroatoms. The molecule has 0 spiro atoms. The van der Waals surface area contributed by atoms with Gasteiger partial charge in [-0.25, -0.2) is 4.79 Å². The van der Waals surface area contributed by atoms with Crippen molar-refractivity contribution in [1.29, 1.82) is 0 Å². The maximum absolute atomic E-state index is 11.5. The maximum atomic E-state index is 11.5. The normalized spacial score (nSPS) is 15.8. The van der Waals surface area contributed by atoms with E-state index in [1.54, 1.807) is 17.0 Å². The zero-order valence-corrected chi connectivity index (χ0v) is 14.7. The first-order valence-corrected chi connectivity index (χ1v) is 8.05. The van der Waals surface area contributed by atoms with Gasteiger partial charge >= 0.3 is 5.97 Å². The van der Waals surface area contributed by atoms with Gasteiger partial charge in [0.2, 0.25) is 0 Å². The number of hydrogen-bond donors (Lipinski definition) is 2. The van der Waals surface area contributed by atoms with Gasteiger partial charge in [0, 0.05) is 30.3 Å². The fraction of sp³-hybridized carbons (Fsp3) is 0.278. The number of aliphatic hydroxyl groups is 1. The molecule has 0 bridgehead atoms. The summed E-state index contributed by atoms with van der Waals surface area (Å²) in [7, 11) is 2.99. The Bertz CT molecular complexity index is 913. The Morgan fingerprint density at radius 1 is 1.22 bits per heavy atom. The summed E-state index contributed by atoms with van der Waals surface area (Å²) >= 11 is 0. The number of nitro benzene ring substituents is 1. The molecule has 2 aromatic rings. The summed E-state index contributed by atoms with van der Waals surface area (Å²) in [6, 6.07) is 7.10. The van der Waals surface area contributed by atoms with Crippen molar-refractivity contribution in [2.75, 3.05) is 25.7 Å². The van der Waals surface area contributed by atoms with Crippen molar-refractivity contribution in [3.63, 3.8) is 0 Å². The molecule has 1 unspecified atom stereocenters. The van der Waals surface area contributed by atoms with Crippen molar-refractivity contribution in [2.45, 2.75) is 12.6 Å². The molecule has 142 valence electrons. The standard InChI is InChI=1S/C18H18N2O7/c1-26-15-5-6-16(27-2)17-11(15)8-19(9-14(17)21)12-4-3-10(18(22)23)7-13(12)20(24)25/h3-7,14,21H,8-9H2,1-2H3,(H,22,23). The van der Waals surface area contributed by atoms with Gasteiger partial charge in [-0.3, -0.25) is 10.1 Å². The second-order valence-electron chi connectivity index (χ2n) is 6.02. The van der Waals surface area contributed by atoms with E-state index in [1.165, 1.54) is 26.4 Å². The third kappa shape index (κ3) is 3.24. The van der Waals surface area contributed by atoms with E-state index in [0.29, 0.717) is 22.6 Å². The van der Waals surface area contributed by atoms with Crippen LogP contribution in [0.5, 0.6) is 11.5 Å². The fourth-order valence-corrected chi connectivity index (χ4v) is 3.33. The molecule has 0 aromatic heterocycles. The summed E-state index contributed by atoms with van der Waals surface area (Å²) in [5.41, 5.74) is 0.944. The van der Waals surface area contributed by atoms with Gasteiger partial charge in [-0.05, 0) is 24.3 Å². The van der Waals surface area contributed by atoms with Crippen LogP contribution in [0, 0.1) is 10.1 Å². The van der Waals surface area contributed by atoms with Crippen molar-refractivity contribution >= 4 is 17.3 Å². The number of carboxylic acid groups (broad SMARTS) is 1. The zero-order valence-electron chi connectivity index (χ0n) is 14.7. The number of methoxy groups -OCH3 is 2. The first kappa shape index (κ1) is 18.5. The number of aliphatic hydroxyl groups excluding tert-OH is 1. The number of rotatable bonds is 5. The predicted molar refractivity (Wildman–Crippen MR) is 95.6 cm³/mol. The number of aromatic carboxylic acids is 1. The third-order valence-electron chi connectivity index (χ3n) is 4.55. The highest BCUT2D eigenvalue weighted by atomic mass is 16.6. The molecule has 0 saturated carbocycles. The van der Waals surface area contributed by atoms with Crippen LogP contribution in [0.2, 0.25) is 0 Å². The molecule has 0 aliphatic carbocycles. The fourth-order valence-electron chi connectivity index (χ4n) is 3.33. The SMILES string of the molecule is COc1ccc(OC)c2c1CN(c1ccc(C(=O)O)cc1[N+](=O)[O-])CC2O. The molecular weight excluding hydrogens is 356 g/mol. The Kier molecular flexibility index (Phi) is 4.87. The summed E-state index contributed by atoms with van der Waals surface area (Å²) in [4.78, 5) is 23.6. The Morgan fingerprint density at radius 3 is 2.48 bits per heavy atom. The number of ether oxygens (including phenoxy) is 2. The number of nitro groups is 1. The van der Waals surface area contributed by atoms with Crippen LogP contribution < -0.4 is 14.4 Å². The number of carboxylic acids is 1. The monoisotopic (exact) mass is 374 g/mol. The summed E-state index contributed by atoms with van der Waals surface area (Å²) in [5.74, 6) is -0.215. The zero-order chi connectivity index (χ0) is 19.7. The first-order chi connectivity index (χ1) is 12.9. The highest BCUT2D eigenvalue weighted by Gasteiger charge is 2.32. The van der Waals surface area contributed by atoms with Crippen LogP contribution >= 0.6 is 0 Å². The van der Waals surface area contributed by atoms with Crippen molar-refractivity contribution < 1.29 is 29.4 Å². The molecule has 3 rings (SSSR count). The predicted octanol–water partition coefficient (Wildman–Crippen LogP) is 2.36. The lowest BCUT2D eigenvalue weighted by atomic mass is 9.94. The van der Waals surface area contributed by atoms with Gasteiger partial charge in [-0.15, -0.1) is 0 Å². The van der Waals surface area contributed by atoms with Gasteiger partial charge in [0.25, 0.3) is 5.69 Å². The molecule has 27 heavy (non-hydrogen) atoms. The minimum Gasteiger partial charge on any atom is -0.496 e. The molecule has 1 atom stereocenters. The smallest absolute Gasteiger partial charge is 0.335 e. The van der Waals surface area contributed by atoms with Gasteiger partial charge in [0.1, 0.15) is 23.3 Å². The largest absolute Gasteiger partial charge is 0.496 e. The number of fused-ring (bicyclic) bond motifs is 1. The van der Waals surface area contributed by atoms with Gasteiger partial charge in [0.15, 0.2) is 0 Å². The van der Waals surface area contributed by atoms with Crippen LogP contribution in [0.25, 0.3) is 0 Å². The number of benzene rings is 2. The highest BCUT2D eigenvalue weighted by Crippen LogP contribution is 2.42. The minimum atomic E-state index is -1.25. The number of nitrogens with zero attached hydrogens (tertiary/aromatic N) is 2. The Morgan fingerprint density at radius 2 is 1.89 bits per heavy atom. The lowest BCUT2D eigenvalue weighted by molar-refractivity contribution is -0.384. The molecule has 1 heterocycles. The van der Waals surface area contributed by atoms with E-state index < -0.39 is 17.0 Å². The summed E-state index contributed by atoms with van der Waals surface area (Å²) in [6.45, 7) is 0.323. The van der Waals surface area contributed by atoms with Gasteiger partial charge < -0.3 is 24.6 Å². The highest BCUT2D eigenvalue weighted by molar-refractivity contribution is 5.90. The van der Waals surface area contributed by atoms with Crippen molar-refractivity contribution in [2.24, 2.45) is 0 Å². The lowest BCUT2D eigenvalue weighted by Crippen LogP contribution is -2.34. The van der Waals surface area contributed by atoms with E-state index in [9.17, 15) is 20.0 Å². The summed E-state index contributed by atoms with van der Waals surface area (Å²) < 4.78 is 10.7. The molecule has 9 nitrogen and oxygen atoms in total. The number of anilines is 1. The van der Waals surface area contributed by atoms with Crippen molar-refractivity contribution in [1.82, 2.24) is 0 Å². The van der Waals surface area contributed by atoms with Crippen molar-refractivity contribution in [3.8, 4) is 11.5 Å². The first-order valence-electron chi connectivity index (χ1n) is 8.05. The molecule has 2 aromatic carbocycles. The van der Waals surface area contributed by atoms with E-state index in [2.05, 4.69) is 0 Å². The van der Waals surface area contributed by atoms with E-state index >= 15 is 0 Å². The van der Waals surface area contributed by atoms with E-state index in [1.807, 2.05) is 0 Å². The van der Waals surface area contributed by atoms with E-state index in [4.69, 9.17) is 14.6 Å². The minimum absolute atomic E-state index is 0.0871. The van der Waals surface area contributed by atoms with Crippen LogP contribution in [0.15, 0.2) is 30.3 Å². The molecule has 0 fully saturated rings. The number of carbonyl (C=O) groups is 1.